The molecule has 0 aromatic heterocycles. The summed E-state index contributed by atoms with van der Waals surface area (Å²) in [4.78, 5) is 72.6. The van der Waals surface area contributed by atoms with E-state index in [4.69, 9.17) is 5.73 Å². The number of benzene rings is 1. The van der Waals surface area contributed by atoms with Gasteiger partial charge in [-0.2, -0.15) is 0 Å². The van der Waals surface area contributed by atoms with Crippen molar-refractivity contribution >= 4 is 34.7 Å². The largest absolute Gasteiger partial charge is 0.505 e. The van der Waals surface area contributed by atoms with Crippen molar-refractivity contribution in [3.05, 3.63) is 23.3 Å². The van der Waals surface area contributed by atoms with Gasteiger partial charge in [0.25, 0.3) is 0 Å². The number of aliphatic hydroxyl groups is 2. The molecule has 12 nitrogen and oxygen atoms in total. The predicted octanol–water partition coefficient (Wildman–Crippen LogP) is -1.07. The molecular weight excluding hydrogens is 532 g/mol. The number of carbonyl (C=O) groups is 5. The summed E-state index contributed by atoms with van der Waals surface area (Å²) in [6, 6.07) is 2.15. The molecule has 3 aliphatic carbocycles. The van der Waals surface area contributed by atoms with Gasteiger partial charge in [-0.1, -0.05) is 13.0 Å². The van der Waals surface area contributed by atoms with Crippen LogP contribution in [0.15, 0.2) is 12.1 Å². The van der Waals surface area contributed by atoms with Crippen LogP contribution in [0.4, 0.5) is 5.69 Å². The molecular formula is C29H38N4O8. The highest BCUT2D eigenvalue weighted by molar-refractivity contribution is 6.32. The van der Waals surface area contributed by atoms with Crippen molar-refractivity contribution in [2.24, 2.45) is 29.4 Å². The van der Waals surface area contributed by atoms with Crippen LogP contribution in [0, 0.1) is 23.7 Å². The van der Waals surface area contributed by atoms with Gasteiger partial charge in [-0.3, -0.25) is 28.9 Å². The van der Waals surface area contributed by atoms with E-state index in [0.717, 1.165) is 25.9 Å². The Labute approximate surface area is 238 Å². The molecule has 1 saturated heterocycles. The van der Waals surface area contributed by atoms with Crippen molar-refractivity contribution in [3.8, 4) is 5.75 Å². The molecule has 1 aliphatic heterocycles. The predicted molar refractivity (Wildman–Crippen MR) is 146 cm³/mol. The smallest absolute Gasteiger partial charge is 0.235 e. The van der Waals surface area contributed by atoms with E-state index >= 15 is 0 Å². The molecule has 222 valence electrons. The first kappa shape index (κ1) is 29.3. The Morgan fingerprint density at radius 1 is 1.07 bits per heavy atom. The summed E-state index contributed by atoms with van der Waals surface area (Å²) in [7, 11) is 6.80. The second-order valence-electron chi connectivity index (χ2n) is 12.4. The Bertz CT molecular complexity index is 1340. The van der Waals surface area contributed by atoms with Gasteiger partial charge in [0.1, 0.15) is 5.75 Å². The number of aliphatic hydroxyl groups excluding tert-OH is 1. The Kier molecular flexibility index (Phi) is 7.13. The number of piperidine rings is 1. The van der Waals surface area contributed by atoms with Crippen LogP contribution in [0.3, 0.4) is 0 Å². The number of rotatable bonds is 4. The number of Topliss-reactive ketones (excluding diaryl/α,β-unsaturated/α-hetero) is 4. The molecule has 8 atom stereocenters. The Hall–Kier alpha value is -3.19. The first-order chi connectivity index (χ1) is 19.2. The van der Waals surface area contributed by atoms with Crippen LogP contribution in [0.25, 0.3) is 0 Å². The molecule has 3 fully saturated rings. The average Bonchev–Trinajstić information content (AvgIpc) is 2.90. The minimum absolute atomic E-state index is 0.0893. The highest BCUT2D eigenvalue weighted by Crippen LogP contribution is 2.55. The molecule has 5 rings (SSSR count). The van der Waals surface area contributed by atoms with Gasteiger partial charge < -0.3 is 30.9 Å². The molecule has 41 heavy (non-hydrogen) atoms. The van der Waals surface area contributed by atoms with Gasteiger partial charge in [-0.05, 0) is 64.6 Å². The first-order valence-corrected chi connectivity index (χ1v) is 14.0. The molecule has 1 heterocycles. The van der Waals surface area contributed by atoms with Crippen molar-refractivity contribution in [2.45, 2.75) is 49.5 Å². The zero-order valence-corrected chi connectivity index (χ0v) is 23.9. The second-order valence-corrected chi connectivity index (χ2v) is 12.4. The number of fused-ring (bicyclic) bond motifs is 3. The number of aromatic hydroxyl groups is 1. The molecule has 1 aromatic carbocycles. The number of primary amides is 1. The molecule has 1 amide bonds. The number of phenols is 1. The van der Waals surface area contributed by atoms with E-state index in [-0.39, 0.29) is 17.4 Å². The fraction of sp³-hybridized carbons (Fsp3) is 0.621. The monoisotopic (exact) mass is 570 g/mol. The maximum absolute atomic E-state index is 14.1. The van der Waals surface area contributed by atoms with Crippen LogP contribution in [0.5, 0.6) is 5.75 Å². The third-order valence-electron chi connectivity index (χ3n) is 10.1. The maximum atomic E-state index is 14.1. The third-order valence-corrected chi connectivity index (χ3v) is 10.1. The molecule has 8 unspecified atom stereocenters. The number of hydrogen-bond donors (Lipinski definition) is 4. The number of amides is 1. The SMILES string of the molecule is CC1c2ccc(N(C)C3CCN(C)CC3)c(O)c2C(=O)C2C(=O)C3(O)C(=O)C(C(N)=O)C(=O)C(N(C)C)C3C(O)C21. The fourth-order valence-corrected chi connectivity index (χ4v) is 7.84. The standard InChI is InChI=1S/C29H38N4O8/c1-12-14-6-7-15(33(5)13-8-10-32(4)11-9-13)22(34)17(14)23(35)18-16(12)24(36)20-21(31(2)3)25(37)19(28(30)40)27(39)29(20,41)26(18)38/h6-7,12-13,16,18-21,24,34,36,41H,8-11H2,1-5H3,(H2,30,40). The van der Waals surface area contributed by atoms with Crippen molar-refractivity contribution in [3.63, 3.8) is 0 Å². The Morgan fingerprint density at radius 2 is 1.68 bits per heavy atom. The van der Waals surface area contributed by atoms with Crippen molar-refractivity contribution in [1.82, 2.24) is 9.80 Å². The van der Waals surface area contributed by atoms with Gasteiger partial charge in [0.2, 0.25) is 5.91 Å². The van der Waals surface area contributed by atoms with E-state index < -0.39 is 76.4 Å². The van der Waals surface area contributed by atoms with Crippen LogP contribution in [-0.2, 0) is 19.2 Å². The number of phenolic OH excluding ortho intramolecular Hbond substituents is 1. The van der Waals surface area contributed by atoms with E-state index in [1.165, 1.54) is 19.0 Å². The number of nitrogens with zero attached hydrogens (tertiary/aromatic N) is 3. The van der Waals surface area contributed by atoms with E-state index in [0.29, 0.717) is 11.3 Å². The van der Waals surface area contributed by atoms with Gasteiger partial charge in [0.15, 0.2) is 34.7 Å². The molecule has 2 saturated carbocycles. The normalized spacial score (nSPS) is 36.1. The zero-order valence-electron chi connectivity index (χ0n) is 23.9. The fourth-order valence-electron chi connectivity index (χ4n) is 7.84. The molecule has 5 N–H and O–H groups in total. The topological polar surface area (TPSA) is 182 Å². The summed E-state index contributed by atoms with van der Waals surface area (Å²) in [6.07, 6.45) is 0.0618. The van der Waals surface area contributed by atoms with E-state index in [1.54, 1.807) is 19.1 Å². The van der Waals surface area contributed by atoms with E-state index in [2.05, 4.69) is 4.90 Å². The summed E-state index contributed by atoms with van der Waals surface area (Å²) >= 11 is 0. The highest BCUT2D eigenvalue weighted by Gasteiger charge is 2.72. The number of ketones is 4. The minimum Gasteiger partial charge on any atom is -0.505 e. The Morgan fingerprint density at radius 3 is 2.24 bits per heavy atom. The molecule has 1 aromatic rings. The lowest BCUT2D eigenvalue weighted by Gasteiger charge is -2.56. The summed E-state index contributed by atoms with van der Waals surface area (Å²) in [5.74, 6) is -13.1. The number of likely N-dealkylation sites (N-methyl/N-ethyl adjacent to an activating group) is 1. The van der Waals surface area contributed by atoms with Gasteiger partial charge in [0.05, 0.1) is 35.2 Å². The van der Waals surface area contributed by atoms with Crippen molar-refractivity contribution in [2.75, 3.05) is 46.2 Å². The molecule has 0 bridgehead atoms. The summed E-state index contributed by atoms with van der Waals surface area (Å²) in [5.41, 5.74) is 3.11. The van der Waals surface area contributed by atoms with E-state index in [1.807, 2.05) is 19.0 Å². The highest BCUT2D eigenvalue weighted by atomic mass is 16.3. The lowest BCUT2D eigenvalue weighted by Crippen LogP contribution is -2.77. The quantitative estimate of drug-likeness (QED) is 0.324. The molecule has 0 spiro atoms. The zero-order chi connectivity index (χ0) is 30.3. The van der Waals surface area contributed by atoms with Crippen LogP contribution in [0.2, 0.25) is 0 Å². The summed E-state index contributed by atoms with van der Waals surface area (Å²) in [5, 5.41) is 34.9. The van der Waals surface area contributed by atoms with E-state index in [9.17, 15) is 39.3 Å². The van der Waals surface area contributed by atoms with Crippen LogP contribution in [-0.4, -0.2) is 119 Å². The lowest BCUT2D eigenvalue weighted by atomic mass is 9.49. The molecule has 0 radical (unpaired) electrons. The van der Waals surface area contributed by atoms with Crippen LogP contribution < -0.4 is 10.6 Å². The second kappa shape index (κ2) is 9.97. The van der Waals surface area contributed by atoms with Crippen LogP contribution >= 0.6 is 0 Å². The van der Waals surface area contributed by atoms with Crippen molar-refractivity contribution in [1.29, 1.82) is 0 Å². The van der Waals surface area contributed by atoms with Crippen LogP contribution in [0.1, 0.15) is 41.6 Å². The molecule has 12 heteroatoms. The minimum atomic E-state index is -3.01. The lowest BCUT2D eigenvalue weighted by molar-refractivity contribution is -0.196. The number of anilines is 1. The molecule has 4 aliphatic rings. The number of likely N-dealkylation sites (tertiary alicyclic amines) is 1. The number of carbonyl (C=O) groups excluding carboxylic acids is 5. The maximum Gasteiger partial charge on any atom is 0.235 e. The van der Waals surface area contributed by atoms with Crippen molar-refractivity contribution < 1.29 is 39.3 Å². The number of hydrogen-bond acceptors (Lipinski definition) is 11. The first-order valence-electron chi connectivity index (χ1n) is 14.0. The Balaban J connectivity index is 1.62. The summed E-state index contributed by atoms with van der Waals surface area (Å²) in [6.45, 7) is 3.46. The van der Waals surface area contributed by atoms with Gasteiger partial charge >= 0.3 is 0 Å². The van der Waals surface area contributed by atoms with Gasteiger partial charge in [-0.25, -0.2) is 0 Å². The third kappa shape index (κ3) is 3.98. The van der Waals surface area contributed by atoms with Gasteiger partial charge in [-0.15, -0.1) is 0 Å². The summed E-state index contributed by atoms with van der Waals surface area (Å²) < 4.78 is 0. The van der Waals surface area contributed by atoms with Gasteiger partial charge in [0, 0.05) is 19.0 Å². The average molecular weight is 571 g/mol. The number of nitrogens with two attached hydrogens (primary N) is 1.